The van der Waals surface area contributed by atoms with Gasteiger partial charge in [-0.25, -0.2) is 0 Å². The lowest BCUT2D eigenvalue weighted by molar-refractivity contribution is -0.161. The molecule has 1 atom stereocenters. The van der Waals surface area contributed by atoms with Crippen molar-refractivity contribution in [3.05, 3.63) is 29.8 Å². The van der Waals surface area contributed by atoms with Gasteiger partial charge in [0.15, 0.2) is 6.29 Å². The molecule has 91 valence electrons. The van der Waals surface area contributed by atoms with Gasteiger partial charge in [0.2, 0.25) is 0 Å². The van der Waals surface area contributed by atoms with Crippen molar-refractivity contribution in [2.75, 3.05) is 13.2 Å². The van der Waals surface area contributed by atoms with Gasteiger partial charge in [0.1, 0.15) is 0 Å². The third kappa shape index (κ3) is 3.84. The Labute approximate surface area is 103 Å². The molecule has 2 rings (SSSR count). The minimum absolute atomic E-state index is 0.0333. The van der Waals surface area contributed by atoms with Gasteiger partial charge in [-0.1, -0.05) is 29.7 Å². The molecular formula is C13H18BO3. The first-order valence-electron chi connectivity index (χ1n) is 6.18. The molecule has 0 saturated carbocycles. The quantitative estimate of drug-likeness (QED) is 0.771. The molecule has 1 saturated heterocycles. The molecular weight excluding hydrogens is 215 g/mol. The first kappa shape index (κ1) is 12.6. The summed E-state index contributed by atoms with van der Waals surface area (Å²) in [6, 6.07) is 7.79. The average molecular weight is 233 g/mol. The topological polar surface area (TPSA) is 38.7 Å². The van der Waals surface area contributed by atoms with Crippen molar-refractivity contribution in [2.24, 2.45) is 0 Å². The van der Waals surface area contributed by atoms with Crippen LogP contribution in [0.4, 0.5) is 0 Å². The average Bonchev–Trinajstić information content (AvgIpc) is 2.40. The van der Waals surface area contributed by atoms with Gasteiger partial charge in [-0.15, -0.1) is 0 Å². The van der Waals surface area contributed by atoms with Crippen LogP contribution in [0.5, 0.6) is 0 Å². The summed E-state index contributed by atoms with van der Waals surface area (Å²) in [7, 11) is 1.15. The molecule has 1 unspecified atom stereocenters. The number of hydrogen-bond acceptors (Lipinski definition) is 3. The summed E-state index contributed by atoms with van der Waals surface area (Å²) in [5.74, 6) is 0. The fraction of sp³-hybridized carbons (Fsp3) is 0.538. The zero-order chi connectivity index (χ0) is 11.9. The van der Waals surface area contributed by atoms with Gasteiger partial charge >= 0.3 is 7.48 Å². The highest BCUT2D eigenvalue weighted by Crippen LogP contribution is 2.13. The standard InChI is InChI=1S/C13H18BO3/c15-14-12-6-2-1-5-11(12)8-10-17-13-7-3-4-9-16-13/h1-2,5-6,13,15H,3-4,7-10H2. The van der Waals surface area contributed by atoms with Gasteiger partial charge in [-0.3, -0.25) is 0 Å². The van der Waals surface area contributed by atoms with Crippen molar-refractivity contribution in [3.63, 3.8) is 0 Å². The van der Waals surface area contributed by atoms with Crippen molar-refractivity contribution in [1.29, 1.82) is 0 Å². The zero-order valence-electron chi connectivity index (χ0n) is 9.97. The summed E-state index contributed by atoms with van der Waals surface area (Å²) < 4.78 is 11.2. The lowest BCUT2D eigenvalue weighted by Crippen LogP contribution is -2.25. The van der Waals surface area contributed by atoms with Gasteiger partial charge < -0.3 is 14.5 Å². The Hall–Kier alpha value is -0.835. The maximum absolute atomic E-state index is 9.08. The van der Waals surface area contributed by atoms with Crippen LogP contribution in [-0.4, -0.2) is 32.0 Å². The van der Waals surface area contributed by atoms with E-state index in [0.717, 1.165) is 44.4 Å². The minimum Gasteiger partial charge on any atom is -0.450 e. The first-order valence-corrected chi connectivity index (χ1v) is 6.18. The number of rotatable bonds is 5. The predicted molar refractivity (Wildman–Crippen MR) is 67.3 cm³/mol. The Kier molecular flexibility index (Phi) is 5.04. The van der Waals surface area contributed by atoms with Gasteiger partial charge in [-0.05, 0) is 31.2 Å². The largest absolute Gasteiger partial charge is 0.450 e. The van der Waals surface area contributed by atoms with E-state index in [9.17, 15) is 0 Å². The molecule has 1 aromatic rings. The molecule has 0 bridgehead atoms. The van der Waals surface area contributed by atoms with E-state index >= 15 is 0 Å². The monoisotopic (exact) mass is 233 g/mol. The van der Waals surface area contributed by atoms with Crippen molar-refractivity contribution in [2.45, 2.75) is 32.0 Å². The van der Waals surface area contributed by atoms with E-state index < -0.39 is 0 Å². The Balaban J connectivity index is 1.77. The van der Waals surface area contributed by atoms with Crippen LogP contribution in [0.2, 0.25) is 0 Å². The van der Waals surface area contributed by atoms with Gasteiger partial charge in [0, 0.05) is 6.61 Å². The van der Waals surface area contributed by atoms with Crippen LogP contribution in [-0.2, 0) is 15.9 Å². The smallest absolute Gasteiger partial charge is 0.327 e. The fourth-order valence-corrected chi connectivity index (χ4v) is 2.03. The van der Waals surface area contributed by atoms with Crippen LogP contribution in [0.25, 0.3) is 0 Å². The highest BCUT2D eigenvalue weighted by atomic mass is 16.7. The Bertz CT molecular complexity index is 337. The van der Waals surface area contributed by atoms with Crippen LogP contribution in [0, 0.1) is 0 Å². The molecule has 0 aliphatic carbocycles. The number of benzene rings is 1. The molecule has 1 aliphatic heterocycles. The van der Waals surface area contributed by atoms with Crippen LogP contribution >= 0.6 is 0 Å². The van der Waals surface area contributed by atoms with Gasteiger partial charge in [-0.2, -0.15) is 0 Å². The molecule has 17 heavy (non-hydrogen) atoms. The molecule has 0 spiro atoms. The second-order valence-electron chi connectivity index (χ2n) is 4.24. The molecule has 1 aliphatic rings. The molecule has 1 N–H and O–H groups in total. The summed E-state index contributed by atoms with van der Waals surface area (Å²) in [5, 5.41) is 9.08. The maximum Gasteiger partial charge on any atom is 0.327 e. The van der Waals surface area contributed by atoms with Gasteiger partial charge in [0.05, 0.1) is 6.61 Å². The summed E-state index contributed by atoms with van der Waals surface area (Å²) in [6.07, 6.45) is 4.09. The second kappa shape index (κ2) is 6.79. The van der Waals surface area contributed by atoms with E-state index in [4.69, 9.17) is 14.5 Å². The van der Waals surface area contributed by atoms with E-state index in [2.05, 4.69) is 0 Å². The first-order chi connectivity index (χ1) is 8.40. The second-order valence-corrected chi connectivity index (χ2v) is 4.24. The van der Waals surface area contributed by atoms with E-state index in [0.29, 0.717) is 6.61 Å². The lowest BCUT2D eigenvalue weighted by atomic mass is 9.83. The van der Waals surface area contributed by atoms with Crippen molar-refractivity contribution in [1.82, 2.24) is 0 Å². The van der Waals surface area contributed by atoms with E-state index in [-0.39, 0.29) is 6.29 Å². The normalized spacial score (nSPS) is 20.2. The summed E-state index contributed by atoms with van der Waals surface area (Å²) in [6.45, 7) is 1.45. The molecule has 1 aromatic carbocycles. The Morgan fingerprint density at radius 2 is 2.24 bits per heavy atom. The zero-order valence-corrected chi connectivity index (χ0v) is 9.97. The lowest BCUT2D eigenvalue weighted by Gasteiger charge is -2.22. The van der Waals surface area contributed by atoms with Crippen molar-refractivity contribution < 1.29 is 14.5 Å². The summed E-state index contributed by atoms with van der Waals surface area (Å²) in [5.41, 5.74) is 1.96. The SMILES string of the molecule is O[B]c1ccccc1CCOC1CCCCO1. The number of hydrogen-bond donors (Lipinski definition) is 1. The molecule has 4 heteroatoms. The number of ether oxygens (including phenoxy) is 2. The Morgan fingerprint density at radius 1 is 1.35 bits per heavy atom. The van der Waals surface area contributed by atoms with Crippen molar-refractivity contribution in [3.8, 4) is 0 Å². The van der Waals surface area contributed by atoms with Gasteiger partial charge in [0.25, 0.3) is 0 Å². The van der Waals surface area contributed by atoms with Crippen LogP contribution < -0.4 is 5.46 Å². The molecule has 0 amide bonds. The third-order valence-corrected chi connectivity index (χ3v) is 3.01. The minimum atomic E-state index is -0.0333. The molecule has 3 nitrogen and oxygen atoms in total. The predicted octanol–water partition coefficient (Wildman–Crippen LogP) is 1.01. The van der Waals surface area contributed by atoms with E-state index in [1.165, 1.54) is 6.42 Å². The van der Waals surface area contributed by atoms with E-state index in [1.807, 2.05) is 24.3 Å². The third-order valence-electron chi connectivity index (χ3n) is 3.01. The van der Waals surface area contributed by atoms with Crippen LogP contribution in [0.3, 0.4) is 0 Å². The highest BCUT2D eigenvalue weighted by Gasteiger charge is 2.13. The van der Waals surface area contributed by atoms with Crippen LogP contribution in [0.1, 0.15) is 24.8 Å². The maximum atomic E-state index is 9.08. The van der Waals surface area contributed by atoms with Crippen molar-refractivity contribution >= 4 is 12.9 Å². The summed E-state index contributed by atoms with van der Waals surface area (Å²) in [4.78, 5) is 0. The van der Waals surface area contributed by atoms with E-state index in [1.54, 1.807) is 0 Å². The molecule has 1 fully saturated rings. The van der Waals surface area contributed by atoms with Crippen LogP contribution in [0.15, 0.2) is 24.3 Å². The highest BCUT2D eigenvalue weighted by molar-refractivity contribution is 6.46. The summed E-state index contributed by atoms with van der Waals surface area (Å²) >= 11 is 0. The Morgan fingerprint density at radius 3 is 3.00 bits per heavy atom. The molecule has 0 aromatic heterocycles. The molecule has 1 radical (unpaired) electrons. The molecule has 1 heterocycles. The fourth-order valence-electron chi connectivity index (χ4n) is 2.03.